The molecule has 0 saturated carbocycles. The van der Waals surface area contributed by atoms with Gasteiger partial charge >= 0.3 is 40.9 Å². The predicted octanol–water partition coefficient (Wildman–Crippen LogP) is 3.09. The molecule has 6 N–H and O–H groups in total. The number of hydrogen-bond acceptors (Lipinski definition) is 4. The van der Waals surface area contributed by atoms with Gasteiger partial charge in [-0.05, 0) is 115 Å². The molecule has 31 heavy (non-hydrogen) atoms. The van der Waals surface area contributed by atoms with Gasteiger partial charge in [0.15, 0.2) is 11.1 Å². The van der Waals surface area contributed by atoms with E-state index in [0.29, 0.717) is 18.6 Å². The van der Waals surface area contributed by atoms with Crippen LogP contribution in [0.1, 0.15) is 34.6 Å². The summed E-state index contributed by atoms with van der Waals surface area (Å²) in [6.07, 6.45) is 0. The second kappa shape index (κ2) is 14.1. The van der Waals surface area contributed by atoms with Crippen LogP contribution in [0.15, 0.2) is 24.3 Å². The number of ether oxygens (including phenoxy) is 2. The van der Waals surface area contributed by atoms with Crippen molar-refractivity contribution in [3.63, 3.8) is 0 Å². The molecule has 0 bridgehead atoms. The minimum atomic E-state index is -0.827. The Labute approximate surface area is 242 Å². The zero-order valence-corrected chi connectivity index (χ0v) is 25.2. The van der Waals surface area contributed by atoms with E-state index in [4.69, 9.17) is 10.2 Å². The molecule has 2 rings (SSSR count). The summed E-state index contributed by atoms with van der Waals surface area (Å²) in [6.45, 7) is 2.62. The van der Waals surface area contributed by atoms with Crippen LogP contribution in [0.2, 0.25) is 0 Å². The number of aromatic hydroxyl groups is 2. The fourth-order valence-electron chi connectivity index (χ4n) is 2.02. The van der Waals surface area contributed by atoms with Crippen molar-refractivity contribution in [2.45, 2.75) is 13.8 Å². The van der Waals surface area contributed by atoms with Crippen molar-refractivity contribution in [3.05, 3.63) is 49.7 Å². The maximum Gasteiger partial charge on any atom is 2.00 e. The third-order valence-electron chi connectivity index (χ3n) is 3.08. The van der Waals surface area contributed by atoms with Crippen molar-refractivity contribution in [1.29, 1.82) is 0 Å². The Balaban J connectivity index is 0.000000562. The second-order valence-corrected chi connectivity index (χ2v) is 10.3. The number of rotatable bonds is 4. The topological polar surface area (TPSA) is 140 Å². The Hall–Kier alpha value is -0.241. The Kier molecular flexibility index (Phi) is 14.0. The van der Waals surface area contributed by atoms with Crippen molar-refractivity contribution >= 4 is 114 Å². The van der Waals surface area contributed by atoms with Gasteiger partial charge in [0.1, 0.15) is 0 Å². The van der Waals surface area contributed by atoms with E-state index in [1.165, 1.54) is 13.8 Å². The molecule has 0 unspecified atom stereocenters. The molecule has 2 aromatic rings. The second-order valence-electron chi connectivity index (χ2n) is 5.49. The average Bonchev–Trinajstić information content (AvgIpc) is 2.58. The molecule has 169 valence electrons. The summed E-state index contributed by atoms with van der Waals surface area (Å²) < 4.78 is 10.5. The van der Waals surface area contributed by atoms with Gasteiger partial charge in [-0.15, -0.1) is 0 Å². The van der Waals surface area contributed by atoms with Gasteiger partial charge in [-0.1, -0.05) is 0 Å². The fraction of sp³-hybridized carbons (Fsp3) is 0.111. The summed E-state index contributed by atoms with van der Waals surface area (Å²) in [5.74, 6) is -1.82. The van der Waals surface area contributed by atoms with Gasteiger partial charge in [0.25, 0.3) is 0 Å². The molecular formula is C18H16CuI4O8+6. The SMILES string of the molecule is CC(=O)[OH+]c1c(I)cc(I)cc1C(=O)[OH2+].CC(=O)[OH+]c1c(I)cc(I)cc1C(=O)[OH2+].[Cu+2]. The van der Waals surface area contributed by atoms with Gasteiger partial charge in [-0.2, -0.15) is 0 Å². The molecule has 0 saturated heterocycles. The van der Waals surface area contributed by atoms with Crippen LogP contribution in [-0.2, 0) is 26.7 Å². The number of halogens is 4. The van der Waals surface area contributed by atoms with E-state index in [1.54, 1.807) is 24.3 Å². The van der Waals surface area contributed by atoms with Crippen LogP contribution in [0.25, 0.3) is 0 Å². The fourth-order valence-corrected chi connectivity index (χ4v) is 5.95. The van der Waals surface area contributed by atoms with Crippen LogP contribution in [-0.4, -0.2) is 43.6 Å². The standard InChI is InChI=1S/2C9H6I2O4.Cu/c2*1-4(12)15-8-6(9(13)14)2-5(10)3-7(8)11;/h2*2-3H,1H3,(H,13,14);/q;;+2/p+4. The van der Waals surface area contributed by atoms with Crippen LogP contribution < -0.4 is 0 Å². The van der Waals surface area contributed by atoms with Crippen LogP contribution in [0.4, 0.5) is 0 Å². The minimum absolute atomic E-state index is 0. The molecule has 0 fully saturated rings. The van der Waals surface area contributed by atoms with Gasteiger partial charge in [-0.3, -0.25) is 0 Å². The summed E-state index contributed by atoms with van der Waals surface area (Å²) >= 11 is 8.08. The quantitative estimate of drug-likeness (QED) is 0.153. The third kappa shape index (κ3) is 10.1. The molecular weight excluding hydrogens is 915 g/mol. The van der Waals surface area contributed by atoms with Gasteiger partial charge < -0.3 is 19.7 Å². The van der Waals surface area contributed by atoms with Crippen LogP contribution in [0, 0.1) is 14.3 Å². The third-order valence-corrected chi connectivity index (χ3v) is 5.97. The molecule has 0 atom stereocenters. The normalized spacial score (nSPS) is 9.48. The molecule has 0 aliphatic heterocycles. The molecule has 0 heterocycles. The van der Waals surface area contributed by atoms with E-state index in [2.05, 4.69) is 9.47 Å². The molecule has 0 aliphatic rings. The molecule has 0 spiro atoms. The van der Waals surface area contributed by atoms with Crippen molar-refractivity contribution < 1.29 is 55.9 Å². The first-order chi connectivity index (χ1) is 13.8. The summed E-state index contributed by atoms with van der Waals surface area (Å²) in [4.78, 5) is 43.8. The molecule has 0 aromatic heterocycles. The van der Waals surface area contributed by atoms with E-state index in [1.807, 2.05) is 90.4 Å². The Morgan fingerprint density at radius 1 is 0.677 bits per heavy atom. The largest absolute Gasteiger partial charge is 2.00 e. The molecule has 8 nitrogen and oxygen atoms in total. The van der Waals surface area contributed by atoms with Crippen molar-refractivity contribution in [2.24, 2.45) is 0 Å². The van der Waals surface area contributed by atoms with Gasteiger partial charge in [-0.25, -0.2) is 0 Å². The van der Waals surface area contributed by atoms with E-state index in [-0.39, 0.29) is 40.1 Å². The zero-order valence-electron chi connectivity index (χ0n) is 15.7. The van der Waals surface area contributed by atoms with Crippen molar-refractivity contribution in [1.82, 2.24) is 0 Å². The van der Waals surface area contributed by atoms with E-state index in [0.717, 1.165) is 7.14 Å². The first kappa shape index (κ1) is 30.8. The Bertz CT molecular complexity index is 945. The monoisotopic (exact) mass is 931 g/mol. The Morgan fingerprint density at radius 3 is 1.19 bits per heavy atom. The maximum absolute atomic E-state index is 11.0. The van der Waals surface area contributed by atoms with Gasteiger partial charge in [0, 0.05) is 26.3 Å². The van der Waals surface area contributed by atoms with Gasteiger partial charge in [0.05, 0.1) is 21.0 Å². The molecule has 2 aromatic carbocycles. The first-order valence-corrected chi connectivity index (χ1v) is 12.1. The number of carboxylic acids is 2. The van der Waals surface area contributed by atoms with Crippen molar-refractivity contribution in [2.75, 3.05) is 0 Å². The van der Waals surface area contributed by atoms with E-state index < -0.39 is 11.9 Å². The van der Waals surface area contributed by atoms with Crippen LogP contribution >= 0.6 is 90.4 Å². The number of carbonyl (C=O) groups is 4. The number of hydrogen-bond donors (Lipinski definition) is 0. The van der Waals surface area contributed by atoms with E-state index in [9.17, 15) is 19.2 Å². The maximum atomic E-state index is 11.0. The number of aliphatic carboxylic acids is 2. The van der Waals surface area contributed by atoms with E-state index >= 15 is 0 Å². The van der Waals surface area contributed by atoms with Gasteiger partial charge in [0.2, 0.25) is 11.5 Å². The smallest absolute Gasteiger partial charge is 0.561 e. The summed E-state index contributed by atoms with van der Waals surface area (Å²) in [5, 5.41) is 14.2. The average molecular weight is 931 g/mol. The first-order valence-electron chi connectivity index (χ1n) is 7.78. The molecule has 0 aliphatic carbocycles. The minimum Gasteiger partial charge on any atom is -0.561 e. The molecule has 13 heteroatoms. The summed E-state index contributed by atoms with van der Waals surface area (Å²) in [5.41, 5.74) is 0.336. The Morgan fingerprint density at radius 2 is 0.968 bits per heavy atom. The van der Waals surface area contributed by atoms with Crippen molar-refractivity contribution in [3.8, 4) is 11.5 Å². The predicted molar refractivity (Wildman–Crippen MR) is 144 cm³/mol. The number of carbonyl (C=O) groups excluding carboxylic acids is 2. The van der Waals surface area contributed by atoms with Crippen LogP contribution in [0.5, 0.6) is 11.5 Å². The summed E-state index contributed by atoms with van der Waals surface area (Å²) in [6, 6.07) is 6.71. The molecule has 0 amide bonds. The summed E-state index contributed by atoms with van der Waals surface area (Å²) in [7, 11) is 0. The zero-order chi connectivity index (χ0) is 23.2. The molecule has 1 radical (unpaired) electrons. The number of benzene rings is 2. The van der Waals surface area contributed by atoms with Crippen LogP contribution in [0.3, 0.4) is 0 Å².